The highest BCUT2D eigenvalue weighted by molar-refractivity contribution is 5.87. The van der Waals surface area contributed by atoms with Crippen molar-refractivity contribution >= 4 is 11.8 Å². The number of hydrogen-bond donors (Lipinski definition) is 3. The van der Waals surface area contributed by atoms with Gasteiger partial charge in [0.25, 0.3) is 0 Å². The second-order valence-electron chi connectivity index (χ2n) is 6.11. The number of nitrogens with one attached hydrogen (secondary N) is 2. The highest BCUT2D eigenvalue weighted by atomic mass is 16.2. The monoisotopic (exact) mass is 269 g/mol. The third-order valence-corrected chi connectivity index (χ3v) is 3.72. The van der Waals surface area contributed by atoms with E-state index in [0.29, 0.717) is 19.5 Å². The van der Waals surface area contributed by atoms with Crippen molar-refractivity contribution in [1.82, 2.24) is 10.6 Å². The van der Waals surface area contributed by atoms with Gasteiger partial charge >= 0.3 is 0 Å². The molecule has 0 spiro atoms. The molecule has 1 heterocycles. The predicted octanol–water partition coefficient (Wildman–Crippen LogP) is 0.927. The van der Waals surface area contributed by atoms with Crippen LogP contribution in [-0.4, -0.2) is 30.9 Å². The standard InChI is InChI=1S/C14H27N3O2/c1-14(2,8-9-15)7-6-12(18)17-11-5-3-4-10-16-13(11)19/h11H,3-10,15H2,1-2H3,(H,16,19)(H,17,18). The molecule has 1 atom stereocenters. The maximum atomic E-state index is 11.9. The molecule has 1 fully saturated rings. The van der Waals surface area contributed by atoms with Crippen molar-refractivity contribution in [2.24, 2.45) is 11.1 Å². The molecular weight excluding hydrogens is 242 g/mol. The average molecular weight is 269 g/mol. The van der Waals surface area contributed by atoms with Crippen LogP contribution in [0.2, 0.25) is 0 Å². The Kier molecular flexibility index (Phi) is 6.28. The molecule has 110 valence electrons. The summed E-state index contributed by atoms with van der Waals surface area (Å²) in [5, 5.41) is 5.66. The summed E-state index contributed by atoms with van der Waals surface area (Å²) in [6, 6.07) is -0.354. The zero-order valence-electron chi connectivity index (χ0n) is 12.1. The van der Waals surface area contributed by atoms with Crippen LogP contribution >= 0.6 is 0 Å². The normalized spacial score (nSPS) is 20.6. The van der Waals surface area contributed by atoms with E-state index in [2.05, 4.69) is 24.5 Å². The zero-order chi connectivity index (χ0) is 14.3. The number of amides is 2. The molecule has 1 unspecified atom stereocenters. The van der Waals surface area contributed by atoms with Gasteiger partial charge in [0.15, 0.2) is 0 Å². The number of nitrogens with two attached hydrogens (primary N) is 1. The summed E-state index contributed by atoms with van der Waals surface area (Å²) < 4.78 is 0. The van der Waals surface area contributed by atoms with Gasteiger partial charge in [0, 0.05) is 13.0 Å². The Morgan fingerprint density at radius 2 is 2.16 bits per heavy atom. The van der Waals surface area contributed by atoms with Gasteiger partial charge in [-0.2, -0.15) is 0 Å². The quantitative estimate of drug-likeness (QED) is 0.670. The Morgan fingerprint density at radius 3 is 2.84 bits per heavy atom. The average Bonchev–Trinajstić information content (AvgIpc) is 2.53. The first-order chi connectivity index (χ1) is 8.94. The maximum Gasteiger partial charge on any atom is 0.242 e. The van der Waals surface area contributed by atoms with Crippen LogP contribution < -0.4 is 16.4 Å². The fourth-order valence-electron chi connectivity index (χ4n) is 2.31. The Balaban J connectivity index is 2.35. The Morgan fingerprint density at radius 1 is 1.42 bits per heavy atom. The molecule has 1 aliphatic rings. The van der Waals surface area contributed by atoms with Crippen LogP contribution in [0.4, 0.5) is 0 Å². The lowest BCUT2D eigenvalue weighted by molar-refractivity contribution is -0.129. The molecule has 0 radical (unpaired) electrons. The molecule has 4 N–H and O–H groups in total. The van der Waals surface area contributed by atoms with Crippen molar-refractivity contribution in [3.63, 3.8) is 0 Å². The van der Waals surface area contributed by atoms with E-state index >= 15 is 0 Å². The maximum absolute atomic E-state index is 11.9. The highest BCUT2D eigenvalue weighted by Crippen LogP contribution is 2.25. The minimum atomic E-state index is -0.354. The predicted molar refractivity (Wildman–Crippen MR) is 75.5 cm³/mol. The number of carbonyl (C=O) groups excluding carboxylic acids is 2. The first-order valence-corrected chi connectivity index (χ1v) is 7.22. The smallest absolute Gasteiger partial charge is 0.242 e. The lowest BCUT2D eigenvalue weighted by Gasteiger charge is -2.24. The number of hydrogen-bond acceptors (Lipinski definition) is 3. The lowest BCUT2D eigenvalue weighted by atomic mass is 9.84. The zero-order valence-corrected chi connectivity index (χ0v) is 12.1. The molecule has 0 bridgehead atoms. The molecule has 0 aromatic rings. The summed E-state index contributed by atoms with van der Waals surface area (Å²) >= 11 is 0. The lowest BCUT2D eigenvalue weighted by Crippen LogP contribution is -2.45. The van der Waals surface area contributed by atoms with Crippen LogP contribution in [0.5, 0.6) is 0 Å². The Labute approximate surface area is 115 Å². The van der Waals surface area contributed by atoms with E-state index < -0.39 is 0 Å². The van der Waals surface area contributed by atoms with Crippen molar-refractivity contribution in [2.45, 2.75) is 58.4 Å². The first kappa shape index (κ1) is 16.0. The second kappa shape index (κ2) is 7.48. The van der Waals surface area contributed by atoms with Gasteiger partial charge in [-0.25, -0.2) is 0 Å². The van der Waals surface area contributed by atoms with Crippen LogP contribution in [0.15, 0.2) is 0 Å². The van der Waals surface area contributed by atoms with Gasteiger partial charge in [0.05, 0.1) is 0 Å². The number of rotatable bonds is 6. The van der Waals surface area contributed by atoms with Gasteiger partial charge in [-0.05, 0) is 44.1 Å². The molecule has 19 heavy (non-hydrogen) atoms. The second-order valence-corrected chi connectivity index (χ2v) is 6.11. The van der Waals surface area contributed by atoms with E-state index in [9.17, 15) is 9.59 Å². The van der Waals surface area contributed by atoms with E-state index in [4.69, 9.17) is 5.73 Å². The molecule has 5 heteroatoms. The molecule has 5 nitrogen and oxygen atoms in total. The van der Waals surface area contributed by atoms with Gasteiger partial charge in [0.2, 0.25) is 11.8 Å². The van der Waals surface area contributed by atoms with Crippen molar-refractivity contribution in [1.29, 1.82) is 0 Å². The largest absolute Gasteiger partial charge is 0.354 e. The van der Waals surface area contributed by atoms with Crippen molar-refractivity contribution in [2.75, 3.05) is 13.1 Å². The highest BCUT2D eigenvalue weighted by Gasteiger charge is 2.23. The van der Waals surface area contributed by atoms with E-state index in [-0.39, 0.29) is 23.3 Å². The van der Waals surface area contributed by atoms with E-state index in [1.165, 1.54) is 0 Å². The summed E-state index contributed by atoms with van der Waals surface area (Å²) in [7, 11) is 0. The van der Waals surface area contributed by atoms with Crippen LogP contribution in [0.1, 0.15) is 52.4 Å². The SMILES string of the molecule is CC(C)(CCN)CCC(=O)NC1CCCCNC1=O. The van der Waals surface area contributed by atoms with E-state index in [1.807, 2.05) is 0 Å². The van der Waals surface area contributed by atoms with E-state index in [0.717, 1.165) is 32.1 Å². The van der Waals surface area contributed by atoms with Crippen molar-refractivity contribution in [3.05, 3.63) is 0 Å². The van der Waals surface area contributed by atoms with Gasteiger partial charge in [-0.3, -0.25) is 9.59 Å². The first-order valence-electron chi connectivity index (χ1n) is 7.22. The summed E-state index contributed by atoms with van der Waals surface area (Å²) in [4.78, 5) is 23.6. The molecule has 1 rings (SSSR count). The molecule has 0 aromatic heterocycles. The Bertz CT molecular complexity index is 316. The van der Waals surface area contributed by atoms with E-state index in [1.54, 1.807) is 0 Å². The minimum Gasteiger partial charge on any atom is -0.354 e. The van der Waals surface area contributed by atoms with Gasteiger partial charge in [-0.15, -0.1) is 0 Å². The molecule has 0 saturated carbocycles. The van der Waals surface area contributed by atoms with Crippen LogP contribution in [-0.2, 0) is 9.59 Å². The Hall–Kier alpha value is -1.10. The third kappa shape index (κ3) is 6.05. The number of carbonyl (C=O) groups is 2. The summed E-state index contributed by atoms with van der Waals surface area (Å²) in [5.41, 5.74) is 5.63. The molecule has 1 aliphatic heterocycles. The fourth-order valence-corrected chi connectivity index (χ4v) is 2.31. The topological polar surface area (TPSA) is 84.2 Å². The van der Waals surface area contributed by atoms with Crippen LogP contribution in [0.25, 0.3) is 0 Å². The molecule has 1 saturated heterocycles. The molecule has 0 aromatic carbocycles. The van der Waals surface area contributed by atoms with Crippen molar-refractivity contribution < 1.29 is 9.59 Å². The fraction of sp³-hybridized carbons (Fsp3) is 0.857. The van der Waals surface area contributed by atoms with Gasteiger partial charge < -0.3 is 16.4 Å². The molecule has 2 amide bonds. The van der Waals surface area contributed by atoms with Gasteiger partial charge in [-0.1, -0.05) is 13.8 Å². The van der Waals surface area contributed by atoms with Crippen LogP contribution in [0, 0.1) is 5.41 Å². The molecule has 0 aliphatic carbocycles. The molecular formula is C14H27N3O2. The summed E-state index contributed by atoms with van der Waals surface area (Å²) in [6.07, 6.45) is 4.86. The third-order valence-electron chi connectivity index (χ3n) is 3.72. The van der Waals surface area contributed by atoms with Crippen LogP contribution in [0.3, 0.4) is 0 Å². The van der Waals surface area contributed by atoms with Crippen molar-refractivity contribution in [3.8, 4) is 0 Å². The summed E-state index contributed by atoms with van der Waals surface area (Å²) in [5.74, 6) is -0.0841. The minimum absolute atomic E-state index is 0.0350. The van der Waals surface area contributed by atoms with Gasteiger partial charge in [0.1, 0.15) is 6.04 Å². The summed E-state index contributed by atoms with van der Waals surface area (Å²) in [6.45, 7) is 5.59.